The lowest BCUT2D eigenvalue weighted by Crippen LogP contribution is -2.63. The maximum absolute atomic E-state index is 13.6. The molecule has 2 fully saturated rings. The van der Waals surface area contributed by atoms with Crippen LogP contribution in [-0.4, -0.2) is 95.0 Å². The number of carbonyl (C=O) groups is 3. The normalized spacial score (nSPS) is 17.4. The third kappa shape index (κ3) is 8.29. The fourth-order valence-corrected chi connectivity index (χ4v) is 5.07. The number of piperazine rings is 1. The smallest absolute Gasteiger partial charge is 0.323 e. The molecule has 3 heterocycles. The van der Waals surface area contributed by atoms with E-state index in [9.17, 15) is 14.4 Å². The molecular formula is C34H47N7O4. The van der Waals surface area contributed by atoms with Gasteiger partial charge in [0.15, 0.2) is 0 Å². The highest BCUT2D eigenvalue weighted by molar-refractivity contribution is 6.03. The molecule has 0 bridgehead atoms. The zero-order chi connectivity index (χ0) is 32.9. The van der Waals surface area contributed by atoms with Gasteiger partial charge in [-0.15, -0.1) is 0 Å². The van der Waals surface area contributed by atoms with Crippen molar-refractivity contribution >= 4 is 23.5 Å². The number of nitrogens with zero attached hydrogens (tertiary/aromatic N) is 4. The van der Waals surface area contributed by atoms with Gasteiger partial charge in [-0.05, 0) is 70.9 Å². The largest absolute Gasteiger partial charge is 0.379 e. The number of aryl methyl sites for hydroxylation is 1. The number of amides is 4. The van der Waals surface area contributed by atoms with Crippen LogP contribution in [0.5, 0.6) is 0 Å². The number of benzene rings is 1. The fourth-order valence-electron chi connectivity index (χ4n) is 5.07. The third-order valence-electron chi connectivity index (χ3n) is 8.43. The molecule has 3 N–H and O–H groups in total. The van der Waals surface area contributed by atoms with E-state index in [-0.39, 0.29) is 22.7 Å². The first-order valence-electron chi connectivity index (χ1n) is 15.3. The monoisotopic (exact) mass is 617 g/mol. The standard InChI is InChI=1S/C34H47N7O4/c1-23-9-11-26(19-28(23)25-10-12-27(36-20-25)21-40-15-17-45-18-16-40)37-32(44)38-29(22-39(8)33(3,4)5)24(2)30(42)41-14-13-35-31(43)34(41,6)7/h9-12,19-20,22H,2,13-18,21H2,1,3-8H3,(H,35,43)(H2,37,38,44)/b29-22+. The number of ether oxygens (including phenoxy) is 1. The minimum Gasteiger partial charge on any atom is -0.379 e. The first-order valence-corrected chi connectivity index (χ1v) is 15.3. The van der Waals surface area contributed by atoms with Gasteiger partial charge in [-0.2, -0.15) is 0 Å². The zero-order valence-corrected chi connectivity index (χ0v) is 27.6. The molecule has 0 atom stereocenters. The van der Waals surface area contributed by atoms with E-state index in [0.29, 0.717) is 18.8 Å². The van der Waals surface area contributed by atoms with Crippen molar-refractivity contribution in [1.29, 1.82) is 0 Å². The SMILES string of the molecule is C=C(C(=O)N1CCNC(=O)C1(C)C)/C(=C\N(C)C(C)(C)C)NC(=O)Nc1ccc(C)c(-c2ccc(CN3CCOCC3)nc2)c1. The lowest BCUT2D eigenvalue weighted by Gasteiger charge is -2.41. The minimum absolute atomic E-state index is 0.0804. The fraction of sp³-hybridized carbons (Fsp3) is 0.471. The first kappa shape index (κ1) is 33.7. The second-order valence-electron chi connectivity index (χ2n) is 13.1. The summed E-state index contributed by atoms with van der Waals surface area (Å²) in [5, 5.41) is 8.55. The van der Waals surface area contributed by atoms with Crippen LogP contribution in [-0.2, 0) is 20.9 Å². The highest BCUT2D eigenvalue weighted by Crippen LogP contribution is 2.27. The number of hydrogen-bond acceptors (Lipinski definition) is 7. The van der Waals surface area contributed by atoms with Crippen LogP contribution in [0, 0.1) is 6.92 Å². The average Bonchev–Trinajstić information content (AvgIpc) is 2.99. The number of anilines is 1. The Morgan fingerprint density at radius 3 is 2.51 bits per heavy atom. The molecule has 0 aliphatic carbocycles. The summed E-state index contributed by atoms with van der Waals surface area (Å²) in [6.45, 7) is 20.2. The van der Waals surface area contributed by atoms with Crippen LogP contribution >= 0.6 is 0 Å². The average molecular weight is 618 g/mol. The number of aromatic nitrogens is 1. The highest BCUT2D eigenvalue weighted by Gasteiger charge is 2.41. The van der Waals surface area contributed by atoms with Crippen molar-refractivity contribution in [3.05, 3.63) is 71.8 Å². The Balaban J connectivity index is 1.51. The van der Waals surface area contributed by atoms with Crippen LogP contribution < -0.4 is 16.0 Å². The number of carbonyl (C=O) groups excluding carboxylic acids is 3. The Morgan fingerprint density at radius 1 is 1.16 bits per heavy atom. The Labute approximate surface area is 266 Å². The quantitative estimate of drug-likeness (QED) is 0.304. The van der Waals surface area contributed by atoms with E-state index in [4.69, 9.17) is 9.72 Å². The molecule has 1 aromatic carbocycles. The van der Waals surface area contributed by atoms with Crippen molar-refractivity contribution in [3.8, 4) is 11.1 Å². The molecule has 4 amide bonds. The molecule has 2 aliphatic heterocycles. The molecular weight excluding hydrogens is 570 g/mol. The van der Waals surface area contributed by atoms with Gasteiger partial charge in [0.05, 0.1) is 30.2 Å². The predicted octanol–water partition coefficient (Wildman–Crippen LogP) is 3.88. The number of rotatable bonds is 8. The summed E-state index contributed by atoms with van der Waals surface area (Å²) in [5.74, 6) is -0.666. The van der Waals surface area contributed by atoms with Crippen molar-refractivity contribution < 1.29 is 19.1 Å². The molecule has 0 spiro atoms. The lowest BCUT2D eigenvalue weighted by atomic mass is 9.97. The van der Waals surface area contributed by atoms with Crippen molar-refractivity contribution in [2.75, 3.05) is 51.8 Å². The number of pyridine rings is 1. The van der Waals surface area contributed by atoms with Crippen LogP contribution in [0.25, 0.3) is 11.1 Å². The summed E-state index contributed by atoms with van der Waals surface area (Å²) in [4.78, 5) is 49.9. The molecule has 2 aromatic rings. The molecule has 1 aromatic heterocycles. The summed E-state index contributed by atoms with van der Waals surface area (Å²) in [6, 6.07) is 9.25. The molecule has 2 saturated heterocycles. The van der Waals surface area contributed by atoms with Crippen molar-refractivity contribution in [3.63, 3.8) is 0 Å². The molecule has 0 radical (unpaired) electrons. The van der Waals surface area contributed by atoms with E-state index in [1.165, 1.54) is 4.90 Å². The van der Waals surface area contributed by atoms with E-state index in [2.05, 4.69) is 33.5 Å². The second kappa shape index (κ2) is 13.8. The van der Waals surface area contributed by atoms with Gasteiger partial charge in [0.1, 0.15) is 5.54 Å². The van der Waals surface area contributed by atoms with Gasteiger partial charge in [0, 0.05) is 69.0 Å². The van der Waals surface area contributed by atoms with Crippen molar-refractivity contribution in [2.45, 2.75) is 59.2 Å². The Kier molecular flexibility index (Phi) is 10.3. The molecule has 2 aliphatic rings. The summed E-state index contributed by atoms with van der Waals surface area (Å²) < 4.78 is 5.44. The number of morpholine rings is 1. The summed E-state index contributed by atoms with van der Waals surface area (Å²) in [5.41, 5.74) is 3.48. The number of hydrogen-bond donors (Lipinski definition) is 3. The van der Waals surface area contributed by atoms with Gasteiger partial charge < -0.3 is 30.5 Å². The number of urea groups is 1. The van der Waals surface area contributed by atoms with Crippen LogP contribution in [0.15, 0.2) is 60.6 Å². The third-order valence-corrected chi connectivity index (χ3v) is 8.43. The maximum atomic E-state index is 13.6. The molecule has 0 saturated carbocycles. The minimum atomic E-state index is -1.06. The lowest BCUT2D eigenvalue weighted by molar-refractivity contribution is -0.146. The Morgan fingerprint density at radius 2 is 1.87 bits per heavy atom. The van der Waals surface area contributed by atoms with Crippen molar-refractivity contribution in [1.82, 2.24) is 30.3 Å². The highest BCUT2D eigenvalue weighted by atomic mass is 16.5. The molecule has 11 heteroatoms. The van der Waals surface area contributed by atoms with Gasteiger partial charge in [-0.25, -0.2) is 4.79 Å². The van der Waals surface area contributed by atoms with Crippen LogP contribution in [0.2, 0.25) is 0 Å². The van der Waals surface area contributed by atoms with E-state index < -0.39 is 17.5 Å². The van der Waals surface area contributed by atoms with Gasteiger partial charge in [0.2, 0.25) is 5.91 Å². The van der Waals surface area contributed by atoms with Gasteiger partial charge in [0.25, 0.3) is 5.91 Å². The summed E-state index contributed by atoms with van der Waals surface area (Å²) in [7, 11) is 1.86. The van der Waals surface area contributed by atoms with Gasteiger partial charge in [-0.3, -0.25) is 19.5 Å². The molecule has 4 rings (SSSR count). The summed E-state index contributed by atoms with van der Waals surface area (Å²) >= 11 is 0. The zero-order valence-electron chi connectivity index (χ0n) is 27.6. The Bertz CT molecular complexity index is 1450. The van der Waals surface area contributed by atoms with E-state index in [0.717, 1.165) is 55.2 Å². The van der Waals surface area contributed by atoms with E-state index in [1.54, 1.807) is 20.0 Å². The topological polar surface area (TPSA) is 119 Å². The van der Waals surface area contributed by atoms with Crippen molar-refractivity contribution in [2.24, 2.45) is 0 Å². The van der Waals surface area contributed by atoms with Gasteiger partial charge >= 0.3 is 6.03 Å². The van der Waals surface area contributed by atoms with E-state index in [1.807, 2.05) is 70.1 Å². The van der Waals surface area contributed by atoms with Crippen LogP contribution in [0.3, 0.4) is 0 Å². The molecule has 242 valence electrons. The molecule has 0 unspecified atom stereocenters. The number of nitrogens with one attached hydrogen (secondary N) is 3. The van der Waals surface area contributed by atoms with Gasteiger partial charge in [-0.1, -0.05) is 18.7 Å². The van der Waals surface area contributed by atoms with E-state index >= 15 is 0 Å². The molecule has 45 heavy (non-hydrogen) atoms. The molecule has 11 nitrogen and oxygen atoms in total. The van der Waals surface area contributed by atoms with Crippen LogP contribution in [0.4, 0.5) is 10.5 Å². The maximum Gasteiger partial charge on any atom is 0.323 e. The first-order chi connectivity index (χ1) is 21.2. The Hall–Kier alpha value is -4.22. The summed E-state index contributed by atoms with van der Waals surface area (Å²) in [6.07, 6.45) is 3.56. The predicted molar refractivity (Wildman–Crippen MR) is 176 cm³/mol. The second-order valence-corrected chi connectivity index (χ2v) is 13.1. The van der Waals surface area contributed by atoms with Crippen LogP contribution in [0.1, 0.15) is 45.9 Å².